The van der Waals surface area contributed by atoms with Crippen LogP contribution in [0, 0.1) is 0 Å². The summed E-state index contributed by atoms with van der Waals surface area (Å²) in [6.45, 7) is 0.188. The van der Waals surface area contributed by atoms with E-state index in [9.17, 15) is 13.2 Å². The van der Waals surface area contributed by atoms with E-state index in [0.717, 1.165) is 0 Å². The Hall–Kier alpha value is -0.250. The van der Waals surface area contributed by atoms with Crippen LogP contribution in [-0.2, 0) is 0 Å². The molecule has 1 nitrogen and oxygen atoms in total. The molecule has 0 bridgehead atoms. The van der Waals surface area contributed by atoms with E-state index in [2.05, 4.69) is 5.73 Å². The fourth-order valence-corrected chi connectivity index (χ4v) is 0. The third kappa shape index (κ3) is 1290. The zero-order valence-corrected chi connectivity index (χ0v) is 4.21. The Labute approximate surface area is 40.3 Å². The number of alkyl halides is 3. The molecule has 0 fully saturated rings. The minimum absolute atomic E-state index is 0.188. The van der Waals surface area contributed by atoms with Gasteiger partial charge in [-0.15, -0.1) is 0 Å². The van der Waals surface area contributed by atoms with Crippen molar-refractivity contribution in [2.45, 2.75) is 13.1 Å². The first-order valence-electron chi connectivity index (χ1n) is 1.64. The molecule has 0 atom stereocenters. The van der Waals surface area contributed by atoms with Crippen molar-refractivity contribution in [2.24, 2.45) is 5.73 Å². The van der Waals surface area contributed by atoms with E-state index in [1.54, 1.807) is 0 Å². The van der Waals surface area contributed by atoms with Gasteiger partial charge in [0, 0.05) is 6.92 Å². The standard InChI is InChI=1S/C2H3F3.CH5N/c1-2(3,4)5;1-2/h1H3;2H2,1H3. The van der Waals surface area contributed by atoms with E-state index in [1.165, 1.54) is 7.05 Å². The highest BCUT2D eigenvalue weighted by atomic mass is 19.4. The Morgan fingerprint density at radius 3 is 1.14 bits per heavy atom. The quantitative estimate of drug-likeness (QED) is 0.503. The van der Waals surface area contributed by atoms with Crippen molar-refractivity contribution in [3.8, 4) is 0 Å². The van der Waals surface area contributed by atoms with Gasteiger partial charge in [0.05, 0.1) is 0 Å². The molecule has 0 aliphatic rings. The molecule has 0 saturated heterocycles. The summed E-state index contributed by atoms with van der Waals surface area (Å²) in [5.74, 6) is 0. The van der Waals surface area contributed by atoms with Crippen LogP contribution in [0.1, 0.15) is 6.92 Å². The second-order valence-corrected chi connectivity index (χ2v) is 0.781. The minimum atomic E-state index is -4.00. The highest BCUT2D eigenvalue weighted by Crippen LogP contribution is 2.10. The van der Waals surface area contributed by atoms with Gasteiger partial charge in [-0.3, -0.25) is 0 Å². The molecule has 0 aliphatic heterocycles. The molecule has 0 radical (unpaired) electrons. The number of nitrogens with two attached hydrogens (primary N) is 1. The van der Waals surface area contributed by atoms with Gasteiger partial charge in [-0.2, -0.15) is 13.2 Å². The first-order valence-corrected chi connectivity index (χ1v) is 1.64. The molecule has 0 aromatic heterocycles. The van der Waals surface area contributed by atoms with Crippen LogP contribution >= 0.6 is 0 Å². The predicted octanol–water partition coefficient (Wildman–Crippen LogP) is 1.14. The van der Waals surface area contributed by atoms with Gasteiger partial charge in [0.25, 0.3) is 0 Å². The third-order valence-corrected chi connectivity index (χ3v) is 0. The summed E-state index contributed by atoms with van der Waals surface area (Å²) in [6.07, 6.45) is -4.00. The van der Waals surface area contributed by atoms with Crippen molar-refractivity contribution in [1.29, 1.82) is 0 Å². The Kier molecular flexibility index (Phi) is 5.54. The summed E-state index contributed by atoms with van der Waals surface area (Å²) in [5.41, 5.74) is 4.50. The van der Waals surface area contributed by atoms with E-state index < -0.39 is 6.18 Å². The molecule has 0 spiro atoms. The molecule has 0 aromatic carbocycles. The summed E-state index contributed by atoms with van der Waals surface area (Å²) < 4.78 is 31.1. The maximum atomic E-state index is 10.4. The lowest BCUT2D eigenvalue weighted by molar-refractivity contribution is -0.110. The zero-order valence-electron chi connectivity index (χ0n) is 4.21. The Morgan fingerprint density at radius 2 is 1.14 bits per heavy atom. The molecular formula is C3H8F3N. The van der Waals surface area contributed by atoms with Crippen LogP contribution in [0.15, 0.2) is 0 Å². The second-order valence-electron chi connectivity index (χ2n) is 0.781. The Balaban J connectivity index is 0. The summed E-state index contributed by atoms with van der Waals surface area (Å²) in [4.78, 5) is 0. The van der Waals surface area contributed by atoms with Crippen LogP contribution in [0.2, 0.25) is 0 Å². The van der Waals surface area contributed by atoms with Crippen LogP contribution in [0.25, 0.3) is 0 Å². The highest BCUT2D eigenvalue weighted by Gasteiger charge is 2.15. The SMILES string of the molecule is CC(F)(F)F.CN. The number of halogens is 3. The largest absolute Gasteiger partial charge is 0.386 e. The average Bonchev–Trinajstić information content (AvgIpc) is 1.36. The van der Waals surface area contributed by atoms with Crippen LogP contribution in [0.5, 0.6) is 0 Å². The fraction of sp³-hybridized carbons (Fsp3) is 1.00. The van der Waals surface area contributed by atoms with Crippen LogP contribution < -0.4 is 5.73 Å². The average molecular weight is 115 g/mol. The molecule has 0 heterocycles. The maximum Gasteiger partial charge on any atom is 0.386 e. The molecular weight excluding hydrogens is 107 g/mol. The monoisotopic (exact) mass is 115 g/mol. The van der Waals surface area contributed by atoms with Gasteiger partial charge in [0.1, 0.15) is 0 Å². The molecule has 0 rings (SSSR count). The van der Waals surface area contributed by atoms with Crippen LogP contribution in [0.3, 0.4) is 0 Å². The van der Waals surface area contributed by atoms with Gasteiger partial charge in [0.2, 0.25) is 0 Å². The molecule has 0 aromatic rings. The molecule has 7 heavy (non-hydrogen) atoms. The van der Waals surface area contributed by atoms with Crippen molar-refractivity contribution in [1.82, 2.24) is 0 Å². The zero-order chi connectivity index (χ0) is 6.50. The summed E-state index contributed by atoms with van der Waals surface area (Å²) in [5, 5.41) is 0. The van der Waals surface area contributed by atoms with E-state index in [1.807, 2.05) is 0 Å². The third-order valence-electron chi connectivity index (χ3n) is 0. The lowest BCUT2D eigenvalue weighted by atomic mass is 10.8. The topological polar surface area (TPSA) is 26.0 Å². The van der Waals surface area contributed by atoms with Crippen molar-refractivity contribution in [3.63, 3.8) is 0 Å². The first-order chi connectivity index (χ1) is 3.00. The van der Waals surface area contributed by atoms with Gasteiger partial charge in [-0.05, 0) is 7.05 Å². The molecule has 2 N–H and O–H groups in total. The predicted molar refractivity (Wildman–Crippen MR) is 21.8 cm³/mol. The van der Waals surface area contributed by atoms with Crippen LogP contribution in [0.4, 0.5) is 13.2 Å². The summed E-state index contributed by atoms with van der Waals surface area (Å²) in [6, 6.07) is 0. The summed E-state index contributed by atoms with van der Waals surface area (Å²) >= 11 is 0. The van der Waals surface area contributed by atoms with Crippen molar-refractivity contribution in [2.75, 3.05) is 7.05 Å². The van der Waals surface area contributed by atoms with Gasteiger partial charge in [-0.25, -0.2) is 0 Å². The Bertz CT molecular complexity index is 25.7. The maximum absolute atomic E-state index is 10.4. The van der Waals surface area contributed by atoms with Crippen molar-refractivity contribution < 1.29 is 13.2 Å². The number of rotatable bonds is 0. The lowest BCUT2D eigenvalue weighted by Crippen LogP contribution is -1.95. The Morgan fingerprint density at radius 1 is 1.14 bits per heavy atom. The van der Waals surface area contributed by atoms with E-state index in [4.69, 9.17) is 0 Å². The van der Waals surface area contributed by atoms with Crippen LogP contribution in [-0.4, -0.2) is 13.2 Å². The minimum Gasteiger partial charge on any atom is -0.333 e. The molecule has 0 amide bonds. The smallest absolute Gasteiger partial charge is 0.333 e. The van der Waals surface area contributed by atoms with E-state index >= 15 is 0 Å². The highest BCUT2D eigenvalue weighted by molar-refractivity contribution is 4.26. The van der Waals surface area contributed by atoms with Gasteiger partial charge < -0.3 is 5.73 Å². The molecule has 4 heteroatoms. The van der Waals surface area contributed by atoms with E-state index in [-0.39, 0.29) is 6.92 Å². The first kappa shape index (κ1) is 9.89. The van der Waals surface area contributed by atoms with Gasteiger partial charge >= 0.3 is 6.18 Å². The molecule has 0 aliphatic carbocycles. The van der Waals surface area contributed by atoms with Gasteiger partial charge in [0.15, 0.2) is 0 Å². The number of hydrogen-bond donors (Lipinski definition) is 1. The molecule has 0 saturated carbocycles. The van der Waals surface area contributed by atoms with Gasteiger partial charge in [-0.1, -0.05) is 0 Å². The number of hydrogen-bond acceptors (Lipinski definition) is 1. The normalized spacial score (nSPS) is 9.43. The lowest BCUT2D eigenvalue weighted by Gasteiger charge is -1.88. The molecule has 0 unspecified atom stereocenters. The van der Waals surface area contributed by atoms with Crippen molar-refractivity contribution in [3.05, 3.63) is 0 Å². The van der Waals surface area contributed by atoms with Crippen molar-refractivity contribution >= 4 is 0 Å². The van der Waals surface area contributed by atoms with E-state index in [0.29, 0.717) is 0 Å². The fourth-order valence-electron chi connectivity index (χ4n) is 0. The molecule has 46 valence electrons. The second kappa shape index (κ2) is 3.92. The summed E-state index contributed by atoms with van der Waals surface area (Å²) in [7, 11) is 1.50.